The second-order valence-electron chi connectivity index (χ2n) is 4.39. The predicted octanol–water partition coefficient (Wildman–Crippen LogP) is 0.957. The zero-order chi connectivity index (χ0) is 11.7. The van der Waals surface area contributed by atoms with Crippen LogP contribution in [0.1, 0.15) is 31.5 Å². The minimum Gasteiger partial charge on any atom is -0.396 e. The van der Waals surface area contributed by atoms with E-state index >= 15 is 0 Å². The highest BCUT2D eigenvalue weighted by Crippen LogP contribution is 2.23. The van der Waals surface area contributed by atoms with Crippen molar-refractivity contribution < 1.29 is 4.79 Å². The van der Waals surface area contributed by atoms with E-state index in [0.717, 1.165) is 37.3 Å². The summed E-state index contributed by atoms with van der Waals surface area (Å²) in [6, 6.07) is 0.381. The van der Waals surface area contributed by atoms with Crippen LogP contribution in [0.4, 0.5) is 5.69 Å². The molecule has 2 rings (SSSR count). The molecule has 0 unspecified atom stereocenters. The summed E-state index contributed by atoms with van der Waals surface area (Å²) < 4.78 is 1.95. The van der Waals surface area contributed by atoms with Crippen LogP contribution in [-0.2, 0) is 4.79 Å². The lowest BCUT2D eigenvalue weighted by atomic mass is 10.1. The smallest absolute Gasteiger partial charge is 0.219 e. The van der Waals surface area contributed by atoms with E-state index in [1.54, 1.807) is 6.92 Å². The molecule has 1 aromatic rings. The molecule has 1 amide bonds. The topological polar surface area (TPSA) is 64.2 Å². The van der Waals surface area contributed by atoms with Crippen molar-refractivity contribution in [2.45, 2.75) is 32.7 Å². The van der Waals surface area contributed by atoms with Gasteiger partial charge in [0.2, 0.25) is 5.91 Å². The van der Waals surface area contributed by atoms with Gasteiger partial charge in [-0.05, 0) is 19.8 Å². The number of carbonyl (C=O) groups excluding carboxylic acids is 1. The van der Waals surface area contributed by atoms with E-state index in [9.17, 15) is 4.79 Å². The first-order chi connectivity index (χ1) is 7.58. The number of rotatable bonds is 1. The van der Waals surface area contributed by atoms with Gasteiger partial charge in [0.1, 0.15) is 0 Å². The van der Waals surface area contributed by atoms with Gasteiger partial charge in [0.05, 0.1) is 17.4 Å². The molecule has 2 heterocycles. The van der Waals surface area contributed by atoms with Crippen molar-refractivity contribution >= 4 is 11.6 Å². The molecule has 5 heteroatoms. The number of carbonyl (C=O) groups is 1. The molecule has 1 aliphatic rings. The van der Waals surface area contributed by atoms with Crippen LogP contribution in [0.5, 0.6) is 0 Å². The van der Waals surface area contributed by atoms with Gasteiger partial charge in [-0.3, -0.25) is 9.48 Å². The number of piperidine rings is 1. The number of nitrogen functional groups attached to an aromatic ring is 1. The average molecular weight is 222 g/mol. The molecular weight excluding hydrogens is 204 g/mol. The third-order valence-electron chi connectivity index (χ3n) is 3.24. The monoisotopic (exact) mass is 222 g/mol. The van der Waals surface area contributed by atoms with Crippen LogP contribution in [-0.4, -0.2) is 33.7 Å². The third-order valence-corrected chi connectivity index (χ3v) is 3.24. The Kier molecular flexibility index (Phi) is 2.85. The summed E-state index contributed by atoms with van der Waals surface area (Å²) >= 11 is 0. The van der Waals surface area contributed by atoms with Crippen molar-refractivity contribution in [3.8, 4) is 0 Å². The molecule has 0 spiro atoms. The molecule has 16 heavy (non-hydrogen) atoms. The van der Waals surface area contributed by atoms with Crippen molar-refractivity contribution in [2.75, 3.05) is 18.8 Å². The molecule has 5 nitrogen and oxygen atoms in total. The maximum Gasteiger partial charge on any atom is 0.219 e. The lowest BCUT2D eigenvalue weighted by Gasteiger charge is -2.31. The zero-order valence-corrected chi connectivity index (χ0v) is 9.81. The Morgan fingerprint density at radius 3 is 2.56 bits per heavy atom. The summed E-state index contributed by atoms with van der Waals surface area (Å²) in [5, 5.41) is 4.39. The maximum atomic E-state index is 11.2. The van der Waals surface area contributed by atoms with E-state index < -0.39 is 0 Å². The molecule has 0 radical (unpaired) electrons. The first-order valence-corrected chi connectivity index (χ1v) is 5.64. The van der Waals surface area contributed by atoms with Gasteiger partial charge in [-0.2, -0.15) is 5.10 Å². The van der Waals surface area contributed by atoms with Crippen LogP contribution in [0.25, 0.3) is 0 Å². The number of nitrogens with two attached hydrogens (primary N) is 1. The average Bonchev–Trinajstić information content (AvgIpc) is 2.59. The molecule has 0 saturated carbocycles. The third kappa shape index (κ3) is 2.03. The minimum absolute atomic E-state index is 0.162. The van der Waals surface area contributed by atoms with Crippen molar-refractivity contribution in [1.82, 2.24) is 14.7 Å². The van der Waals surface area contributed by atoms with Crippen molar-refractivity contribution in [3.05, 3.63) is 11.9 Å². The normalized spacial score (nSPS) is 17.8. The Morgan fingerprint density at radius 1 is 1.50 bits per heavy atom. The molecule has 2 N–H and O–H groups in total. The van der Waals surface area contributed by atoms with Gasteiger partial charge in [0.15, 0.2) is 0 Å². The Morgan fingerprint density at radius 2 is 2.12 bits per heavy atom. The SMILES string of the molecule is CC(=O)N1CCC(n2cc(N)c(C)n2)CC1. The molecule has 0 aromatic carbocycles. The summed E-state index contributed by atoms with van der Waals surface area (Å²) in [7, 11) is 0. The second-order valence-corrected chi connectivity index (χ2v) is 4.39. The van der Waals surface area contributed by atoms with Gasteiger partial charge >= 0.3 is 0 Å². The minimum atomic E-state index is 0.162. The number of anilines is 1. The lowest BCUT2D eigenvalue weighted by molar-refractivity contribution is -0.130. The Labute approximate surface area is 95.2 Å². The fraction of sp³-hybridized carbons (Fsp3) is 0.636. The number of likely N-dealkylation sites (tertiary alicyclic amines) is 1. The highest BCUT2D eigenvalue weighted by molar-refractivity contribution is 5.73. The van der Waals surface area contributed by atoms with Crippen LogP contribution in [0, 0.1) is 6.92 Å². The summed E-state index contributed by atoms with van der Waals surface area (Å²) in [6.45, 7) is 5.17. The molecule has 0 aliphatic carbocycles. The van der Waals surface area contributed by atoms with Crippen molar-refractivity contribution in [1.29, 1.82) is 0 Å². The highest BCUT2D eigenvalue weighted by atomic mass is 16.2. The van der Waals surface area contributed by atoms with Gasteiger partial charge in [0, 0.05) is 26.2 Å². The standard InChI is InChI=1S/C11H18N4O/c1-8-11(12)7-15(13-8)10-3-5-14(6-4-10)9(2)16/h7,10H,3-6,12H2,1-2H3. The predicted molar refractivity (Wildman–Crippen MR) is 61.9 cm³/mol. The van der Waals surface area contributed by atoms with Crippen LogP contribution >= 0.6 is 0 Å². The second kappa shape index (κ2) is 4.15. The highest BCUT2D eigenvalue weighted by Gasteiger charge is 2.22. The van der Waals surface area contributed by atoms with E-state index in [1.807, 2.05) is 22.7 Å². The van der Waals surface area contributed by atoms with Crippen molar-refractivity contribution in [2.24, 2.45) is 0 Å². The maximum absolute atomic E-state index is 11.2. The number of aryl methyl sites for hydroxylation is 1. The number of amides is 1. The van der Waals surface area contributed by atoms with Gasteiger partial charge in [-0.25, -0.2) is 0 Å². The number of nitrogens with zero attached hydrogens (tertiary/aromatic N) is 3. The number of hydrogen-bond donors (Lipinski definition) is 1. The first kappa shape index (κ1) is 11.0. The van der Waals surface area contributed by atoms with E-state index in [0.29, 0.717) is 6.04 Å². The van der Waals surface area contributed by atoms with Gasteiger partial charge < -0.3 is 10.6 Å². The van der Waals surface area contributed by atoms with E-state index in [4.69, 9.17) is 5.73 Å². The number of hydrogen-bond acceptors (Lipinski definition) is 3. The van der Waals surface area contributed by atoms with Crippen LogP contribution in [0.3, 0.4) is 0 Å². The fourth-order valence-electron chi connectivity index (χ4n) is 2.13. The lowest BCUT2D eigenvalue weighted by Crippen LogP contribution is -2.37. The van der Waals surface area contributed by atoms with E-state index in [-0.39, 0.29) is 5.91 Å². The summed E-state index contributed by atoms with van der Waals surface area (Å²) in [6.07, 6.45) is 3.81. The molecule has 1 fully saturated rings. The molecule has 0 atom stereocenters. The Hall–Kier alpha value is -1.52. The van der Waals surface area contributed by atoms with E-state index in [1.165, 1.54) is 0 Å². The van der Waals surface area contributed by atoms with Crippen LogP contribution in [0.2, 0.25) is 0 Å². The molecule has 1 saturated heterocycles. The molecule has 1 aromatic heterocycles. The summed E-state index contributed by atoms with van der Waals surface area (Å²) in [4.78, 5) is 13.1. The van der Waals surface area contributed by atoms with Crippen molar-refractivity contribution in [3.63, 3.8) is 0 Å². The molecule has 1 aliphatic heterocycles. The summed E-state index contributed by atoms with van der Waals surface area (Å²) in [5.74, 6) is 0.162. The molecular formula is C11H18N4O. The van der Waals surface area contributed by atoms with Gasteiger partial charge in [0.25, 0.3) is 0 Å². The van der Waals surface area contributed by atoms with Crippen LogP contribution < -0.4 is 5.73 Å². The first-order valence-electron chi connectivity index (χ1n) is 5.64. The van der Waals surface area contributed by atoms with Gasteiger partial charge in [-0.1, -0.05) is 0 Å². The Balaban J connectivity index is 2.01. The van der Waals surface area contributed by atoms with Crippen LogP contribution in [0.15, 0.2) is 6.20 Å². The Bertz CT molecular complexity index is 371. The largest absolute Gasteiger partial charge is 0.396 e. The quantitative estimate of drug-likeness (QED) is 0.769. The number of aromatic nitrogens is 2. The van der Waals surface area contributed by atoms with Gasteiger partial charge in [-0.15, -0.1) is 0 Å². The molecule has 88 valence electrons. The fourth-order valence-corrected chi connectivity index (χ4v) is 2.13. The van der Waals surface area contributed by atoms with E-state index in [2.05, 4.69) is 5.10 Å². The zero-order valence-electron chi connectivity index (χ0n) is 9.81. The molecule has 0 bridgehead atoms. The summed E-state index contributed by atoms with van der Waals surface area (Å²) in [5.41, 5.74) is 7.40.